The SMILES string of the molecule is CC[C@@H](O[SiH2]C(C)(C)C(C)(C)C)[C@@]1(C)OC(C)(C)O[C@@H]1[C@@H](C)C(=O)[C@H](C)[C@@H](O)[C@@]1(C)OC(C)(C)O[C@@H]1[C@@H](C)[C@H](O[SiH2]C(C)(C)C(C)(C)C)[C@@H](C)C(=O)OC. The molecule has 0 radical (unpaired) electrons. The lowest BCUT2D eigenvalue weighted by Gasteiger charge is -2.44. The van der Waals surface area contributed by atoms with Gasteiger partial charge in [-0.05, 0) is 75.8 Å². The predicted molar refractivity (Wildman–Crippen MR) is 221 cm³/mol. The van der Waals surface area contributed by atoms with Crippen molar-refractivity contribution in [1.82, 2.24) is 0 Å². The normalized spacial score (nSPS) is 30.7. The number of esters is 1. The minimum Gasteiger partial charge on any atom is -0.469 e. The van der Waals surface area contributed by atoms with Gasteiger partial charge < -0.3 is 37.6 Å². The molecule has 54 heavy (non-hydrogen) atoms. The maximum Gasteiger partial charge on any atom is 0.310 e. The van der Waals surface area contributed by atoms with Crippen molar-refractivity contribution in [2.75, 3.05) is 7.11 Å². The average Bonchev–Trinajstić information content (AvgIpc) is 3.44. The standard InChI is InChI=1S/C42H82O10Si2/c1-23-28(49-53-37(12,13)35(6,7)8)41(20)32(47-39(16,17)51-41)25(3)29(43)24(2)31(44)42(21)33(48-40(18,19)52-42)26(4)30(27(5)34(45)46-22)50-54-38(14,15)36(9,10)11/h24-28,30-33,44H,23,53-54H2,1-22H3/t24-,25-,26-,27+,28+,30-,31+,32+,33+,41+,42+/m0/s1. The van der Waals surface area contributed by atoms with Gasteiger partial charge in [-0.2, -0.15) is 0 Å². The summed E-state index contributed by atoms with van der Waals surface area (Å²) in [6.45, 7) is 43.0. The van der Waals surface area contributed by atoms with E-state index in [0.717, 1.165) is 0 Å². The Morgan fingerprint density at radius 3 is 1.56 bits per heavy atom. The van der Waals surface area contributed by atoms with Gasteiger partial charge in [0.25, 0.3) is 0 Å². The Balaban J connectivity index is 2.49. The zero-order chi connectivity index (χ0) is 42.4. The minimum absolute atomic E-state index is 0.0126. The lowest BCUT2D eigenvalue weighted by atomic mass is 9.73. The summed E-state index contributed by atoms with van der Waals surface area (Å²) in [5, 5.41) is 12.3. The summed E-state index contributed by atoms with van der Waals surface area (Å²) < 4.78 is 45.2. The van der Waals surface area contributed by atoms with E-state index in [4.69, 9.17) is 32.5 Å². The summed E-state index contributed by atoms with van der Waals surface area (Å²) in [6.07, 6.45) is -2.78. The van der Waals surface area contributed by atoms with E-state index in [0.29, 0.717) is 6.42 Å². The molecule has 0 unspecified atom stereocenters. The summed E-state index contributed by atoms with van der Waals surface area (Å²) in [7, 11) is -0.852. The van der Waals surface area contributed by atoms with Crippen LogP contribution in [0, 0.1) is 34.5 Å². The van der Waals surface area contributed by atoms with E-state index in [2.05, 4.69) is 76.2 Å². The highest BCUT2D eigenvalue weighted by molar-refractivity contribution is 6.32. The molecule has 0 aromatic carbocycles. The Labute approximate surface area is 334 Å². The fourth-order valence-corrected chi connectivity index (χ4v) is 11.2. The van der Waals surface area contributed by atoms with E-state index >= 15 is 0 Å². The van der Waals surface area contributed by atoms with Gasteiger partial charge in [0.05, 0.1) is 37.4 Å². The first-order valence-corrected chi connectivity index (χ1v) is 22.9. The highest BCUT2D eigenvalue weighted by atomic mass is 28.2. The first-order valence-electron chi connectivity index (χ1n) is 20.3. The molecular formula is C42H82O10Si2. The lowest BCUT2D eigenvalue weighted by Crippen LogP contribution is -2.58. The Morgan fingerprint density at radius 1 is 0.704 bits per heavy atom. The van der Waals surface area contributed by atoms with Crippen LogP contribution in [0.25, 0.3) is 0 Å². The highest BCUT2D eigenvalue weighted by Crippen LogP contribution is 2.50. The van der Waals surface area contributed by atoms with Gasteiger partial charge in [-0.15, -0.1) is 0 Å². The van der Waals surface area contributed by atoms with Crippen molar-refractivity contribution in [3.63, 3.8) is 0 Å². The molecule has 0 bridgehead atoms. The molecule has 0 amide bonds. The van der Waals surface area contributed by atoms with Crippen LogP contribution in [0.5, 0.6) is 0 Å². The van der Waals surface area contributed by atoms with Gasteiger partial charge in [-0.1, -0.05) is 96.9 Å². The first kappa shape index (κ1) is 49.4. The predicted octanol–water partition coefficient (Wildman–Crippen LogP) is 7.29. The number of rotatable bonds is 17. The van der Waals surface area contributed by atoms with Gasteiger partial charge >= 0.3 is 5.97 Å². The maximum absolute atomic E-state index is 14.6. The van der Waals surface area contributed by atoms with E-state index in [1.807, 2.05) is 62.3 Å². The van der Waals surface area contributed by atoms with Crippen LogP contribution < -0.4 is 0 Å². The second kappa shape index (κ2) is 16.9. The van der Waals surface area contributed by atoms with Crippen molar-refractivity contribution in [3.05, 3.63) is 0 Å². The maximum atomic E-state index is 14.6. The number of aliphatic hydroxyl groups excluding tert-OH is 1. The molecule has 2 aliphatic rings. The van der Waals surface area contributed by atoms with Crippen molar-refractivity contribution in [1.29, 1.82) is 0 Å². The van der Waals surface area contributed by atoms with Crippen molar-refractivity contribution in [2.24, 2.45) is 34.5 Å². The number of carbonyl (C=O) groups excluding carboxylic acids is 2. The zero-order valence-corrected chi connectivity index (χ0v) is 41.3. The third-order valence-electron chi connectivity index (χ3n) is 13.7. The van der Waals surface area contributed by atoms with Crippen LogP contribution in [0.3, 0.4) is 0 Å². The van der Waals surface area contributed by atoms with Crippen molar-refractivity contribution in [2.45, 2.75) is 215 Å². The molecule has 2 heterocycles. The highest BCUT2D eigenvalue weighted by Gasteiger charge is 2.62. The van der Waals surface area contributed by atoms with Gasteiger partial charge in [0.1, 0.15) is 23.1 Å². The monoisotopic (exact) mass is 803 g/mol. The molecule has 0 spiro atoms. The molecule has 2 aliphatic heterocycles. The molecule has 0 aromatic rings. The molecule has 0 aromatic heterocycles. The fraction of sp³-hybridized carbons (Fsp3) is 0.952. The molecule has 11 atom stereocenters. The zero-order valence-electron chi connectivity index (χ0n) is 38.4. The molecule has 2 rings (SSSR count). The molecule has 2 fully saturated rings. The van der Waals surface area contributed by atoms with Gasteiger partial charge in [-0.3, -0.25) is 9.59 Å². The van der Waals surface area contributed by atoms with Crippen LogP contribution in [0.15, 0.2) is 0 Å². The van der Waals surface area contributed by atoms with E-state index in [1.165, 1.54) is 7.11 Å². The number of methoxy groups -OCH3 is 1. The van der Waals surface area contributed by atoms with Crippen LogP contribution in [0.1, 0.15) is 152 Å². The summed E-state index contributed by atoms with van der Waals surface area (Å²) in [6, 6.07) is 0. The van der Waals surface area contributed by atoms with Crippen LogP contribution in [-0.2, 0) is 42.1 Å². The Morgan fingerprint density at radius 2 is 1.13 bits per heavy atom. The molecule has 10 nitrogen and oxygen atoms in total. The van der Waals surface area contributed by atoms with Crippen molar-refractivity contribution >= 4 is 31.3 Å². The molecule has 1 N–H and O–H groups in total. The Hall–Kier alpha value is -0.706. The van der Waals surface area contributed by atoms with Crippen LogP contribution in [-0.4, -0.2) is 96.8 Å². The summed E-state index contributed by atoms with van der Waals surface area (Å²) >= 11 is 0. The molecule has 0 aliphatic carbocycles. The Kier molecular flexibility index (Phi) is 15.5. The van der Waals surface area contributed by atoms with Crippen LogP contribution in [0.4, 0.5) is 0 Å². The first-order chi connectivity index (χ1) is 24.1. The number of hydrogen-bond donors (Lipinski definition) is 1. The second-order valence-electron chi connectivity index (χ2n) is 21.3. The summed E-state index contributed by atoms with van der Waals surface area (Å²) in [4.78, 5) is 27.7. The molecule has 2 saturated heterocycles. The Bertz CT molecular complexity index is 1290. The number of Topliss-reactive ketones (excluding diaryl/α,β-unsaturated/α-hetero) is 1. The topological polar surface area (TPSA) is 119 Å². The van der Waals surface area contributed by atoms with Crippen LogP contribution in [0.2, 0.25) is 10.1 Å². The largest absolute Gasteiger partial charge is 0.469 e. The van der Waals surface area contributed by atoms with Gasteiger partial charge in [0.2, 0.25) is 0 Å². The summed E-state index contributed by atoms with van der Waals surface area (Å²) in [5.41, 5.74) is -2.18. The quantitative estimate of drug-likeness (QED) is 0.119. The van der Waals surface area contributed by atoms with E-state index in [-0.39, 0.29) is 38.8 Å². The molecular weight excluding hydrogens is 721 g/mol. The van der Waals surface area contributed by atoms with E-state index in [1.54, 1.807) is 6.92 Å². The molecule has 12 heteroatoms. The number of carbonyl (C=O) groups is 2. The lowest BCUT2D eigenvalue weighted by molar-refractivity contribution is -0.188. The second-order valence-corrected chi connectivity index (χ2v) is 26.1. The number of ether oxygens (including phenoxy) is 5. The van der Waals surface area contributed by atoms with Crippen LogP contribution >= 0.6 is 0 Å². The number of ketones is 1. The summed E-state index contributed by atoms with van der Waals surface area (Å²) in [5.74, 6) is -5.10. The van der Waals surface area contributed by atoms with Gasteiger partial charge in [0, 0.05) is 17.8 Å². The van der Waals surface area contributed by atoms with E-state index in [9.17, 15) is 14.7 Å². The van der Waals surface area contributed by atoms with E-state index < -0.39 is 90.4 Å². The number of hydrogen-bond acceptors (Lipinski definition) is 10. The van der Waals surface area contributed by atoms with Gasteiger partial charge in [0.15, 0.2) is 31.1 Å². The van der Waals surface area contributed by atoms with Crippen molar-refractivity contribution < 1.29 is 47.2 Å². The van der Waals surface area contributed by atoms with Gasteiger partial charge in [-0.25, -0.2) is 0 Å². The average molecular weight is 803 g/mol. The van der Waals surface area contributed by atoms with Crippen molar-refractivity contribution in [3.8, 4) is 0 Å². The third-order valence-corrected chi connectivity index (χ3v) is 18.4. The fourth-order valence-electron chi connectivity index (χ4n) is 7.97. The third kappa shape index (κ3) is 10.5. The molecule has 318 valence electrons. The smallest absolute Gasteiger partial charge is 0.310 e. The number of aliphatic hydroxyl groups is 1. The molecule has 0 saturated carbocycles. The minimum atomic E-state index is -1.33.